The summed E-state index contributed by atoms with van der Waals surface area (Å²) in [5.41, 5.74) is 2.18. The van der Waals surface area contributed by atoms with Gasteiger partial charge in [0.15, 0.2) is 6.29 Å². The number of amides is 1. The third-order valence-electron chi connectivity index (χ3n) is 4.77. The van der Waals surface area contributed by atoms with E-state index in [2.05, 4.69) is 19.1 Å². The molecule has 2 rings (SSSR count). The minimum Gasteiger partial charge on any atom is -0.353 e. The zero-order chi connectivity index (χ0) is 17.9. The average Bonchev–Trinajstić information content (AvgIpc) is 2.66. The van der Waals surface area contributed by atoms with Crippen LogP contribution in [0.4, 0.5) is 5.69 Å². The van der Waals surface area contributed by atoms with E-state index in [1.807, 2.05) is 19.2 Å². The standard InChI is InChI=1S/C21H33NO3/c1-3-4-5-6-9-20(23)22(2)19-13-11-18(12-14-19)15-17-25-21-10-7-8-16-24-21/h11-14,21H,3-10,15-17H2,1-2H3. The Kier molecular flexibility index (Phi) is 8.98. The van der Waals surface area contributed by atoms with Crippen LogP contribution in [-0.2, 0) is 20.7 Å². The molecule has 1 aromatic rings. The summed E-state index contributed by atoms with van der Waals surface area (Å²) < 4.78 is 11.4. The molecule has 0 aliphatic carbocycles. The minimum absolute atomic E-state index is 0.0236. The number of carbonyl (C=O) groups is 1. The molecule has 1 aliphatic heterocycles. The van der Waals surface area contributed by atoms with Crippen LogP contribution in [0.25, 0.3) is 0 Å². The van der Waals surface area contributed by atoms with E-state index in [4.69, 9.17) is 9.47 Å². The fraction of sp³-hybridized carbons (Fsp3) is 0.667. The molecule has 1 saturated heterocycles. The second kappa shape index (κ2) is 11.3. The van der Waals surface area contributed by atoms with Gasteiger partial charge in [-0.3, -0.25) is 4.79 Å². The second-order valence-corrected chi connectivity index (χ2v) is 6.85. The zero-order valence-electron chi connectivity index (χ0n) is 15.8. The summed E-state index contributed by atoms with van der Waals surface area (Å²) in [6, 6.07) is 8.22. The molecule has 0 aromatic heterocycles. The minimum atomic E-state index is -0.0236. The van der Waals surface area contributed by atoms with Crippen molar-refractivity contribution in [3.8, 4) is 0 Å². The van der Waals surface area contributed by atoms with Crippen LogP contribution >= 0.6 is 0 Å². The first-order chi connectivity index (χ1) is 12.2. The Morgan fingerprint density at radius 3 is 2.68 bits per heavy atom. The molecule has 0 N–H and O–H groups in total. The van der Waals surface area contributed by atoms with Crippen LogP contribution < -0.4 is 4.90 Å². The summed E-state index contributed by atoms with van der Waals surface area (Å²) in [7, 11) is 1.86. The van der Waals surface area contributed by atoms with E-state index < -0.39 is 0 Å². The fourth-order valence-electron chi connectivity index (χ4n) is 3.05. The van der Waals surface area contributed by atoms with E-state index in [0.29, 0.717) is 13.0 Å². The normalized spacial score (nSPS) is 17.4. The van der Waals surface area contributed by atoms with Crippen molar-refractivity contribution in [3.63, 3.8) is 0 Å². The second-order valence-electron chi connectivity index (χ2n) is 6.85. The third kappa shape index (κ3) is 7.17. The molecule has 140 valence electrons. The van der Waals surface area contributed by atoms with E-state index in [1.165, 1.54) is 24.8 Å². The van der Waals surface area contributed by atoms with Crippen LogP contribution in [0.15, 0.2) is 24.3 Å². The molecule has 1 fully saturated rings. The molecule has 1 aromatic carbocycles. The van der Waals surface area contributed by atoms with Gasteiger partial charge < -0.3 is 14.4 Å². The number of nitrogens with zero attached hydrogens (tertiary/aromatic N) is 1. The lowest BCUT2D eigenvalue weighted by atomic mass is 10.1. The van der Waals surface area contributed by atoms with Crippen molar-refractivity contribution in [2.45, 2.75) is 71.0 Å². The highest BCUT2D eigenvalue weighted by Gasteiger charge is 2.14. The van der Waals surface area contributed by atoms with Gasteiger partial charge in [0.1, 0.15) is 0 Å². The van der Waals surface area contributed by atoms with Crippen molar-refractivity contribution in [2.24, 2.45) is 0 Å². The number of unbranched alkanes of at least 4 members (excludes halogenated alkanes) is 3. The number of hydrogen-bond acceptors (Lipinski definition) is 3. The number of carbonyl (C=O) groups excluding carboxylic acids is 1. The van der Waals surface area contributed by atoms with Crippen LogP contribution in [-0.4, -0.2) is 32.5 Å². The molecule has 0 radical (unpaired) electrons. The monoisotopic (exact) mass is 347 g/mol. The summed E-state index contributed by atoms with van der Waals surface area (Å²) in [5.74, 6) is 0.196. The van der Waals surface area contributed by atoms with Gasteiger partial charge in [-0.1, -0.05) is 38.3 Å². The molecular formula is C21H33NO3. The molecule has 1 unspecified atom stereocenters. The molecule has 1 heterocycles. The van der Waals surface area contributed by atoms with E-state index >= 15 is 0 Å². The quantitative estimate of drug-likeness (QED) is 0.576. The van der Waals surface area contributed by atoms with Crippen molar-refractivity contribution in [3.05, 3.63) is 29.8 Å². The Morgan fingerprint density at radius 1 is 1.20 bits per heavy atom. The summed E-state index contributed by atoms with van der Waals surface area (Å²) in [4.78, 5) is 14.0. The summed E-state index contributed by atoms with van der Waals surface area (Å²) in [6.45, 7) is 3.68. The lowest BCUT2D eigenvalue weighted by Gasteiger charge is -2.22. The molecular weight excluding hydrogens is 314 g/mol. The SMILES string of the molecule is CCCCCCC(=O)N(C)c1ccc(CCOC2CCCCO2)cc1. The predicted octanol–water partition coefficient (Wildman–Crippen LogP) is 4.71. The first-order valence-electron chi connectivity index (χ1n) is 9.79. The summed E-state index contributed by atoms with van der Waals surface area (Å²) >= 11 is 0. The number of rotatable bonds is 10. The Hall–Kier alpha value is -1.39. The first kappa shape index (κ1) is 19.9. The van der Waals surface area contributed by atoms with Gasteiger partial charge in [0.05, 0.1) is 6.61 Å². The highest BCUT2D eigenvalue weighted by Crippen LogP contribution is 2.17. The van der Waals surface area contributed by atoms with Gasteiger partial charge in [0.2, 0.25) is 5.91 Å². The van der Waals surface area contributed by atoms with Gasteiger partial charge in [-0.05, 0) is 49.8 Å². The summed E-state index contributed by atoms with van der Waals surface area (Å²) in [6.07, 6.45) is 9.35. The van der Waals surface area contributed by atoms with Crippen LogP contribution in [0.5, 0.6) is 0 Å². The lowest BCUT2D eigenvalue weighted by molar-refractivity contribution is -0.161. The number of anilines is 1. The predicted molar refractivity (Wildman–Crippen MR) is 102 cm³/mol. The largest absolute Gasteiger partial charge is 0.353 e. The van der Waals surface area contributed by atoms with Crippen molar-refractivity contribution in [2.75, 3.05) is 25.2 Å². The van der Waals surface area contributed by atoms with Crippen molar-refractivity contribution < 1.29 is 14.3 Å². The van der Waals surface area contributed by atoms with E-state index in [1.54, 1.807) is 4.90 Å². The maximum absolute atomic E-state index is 12.2. The maximum Gasteiger partial charge on any atom is 0.226 e. The molecule has 25 heavy (non-hydrogen) atoms. The Balaban J connectivity index is 1.71. The maximum atomic E-state index is 12.2. The van der Waals surface area contributed by atoms with E-state index in [-0.39, 0.29) is 12.2 Å². The molecule has 4 nitrogen and oxygen atoms in total. The van der Waals surface area contributed by atoms with Gasteiger partial charge in [0.25, 0.3) is 0 Å². The molecule has 1 atom stereocenters. The van der Waals surface area contributed by atoms with Gasteiger partial charge >= 0.3 is 0 Å². The number of benzene rings is 1. The first-order valence-corrected chi connectivity index (χ1v) is 9.79. The topological polar surface area (TPSA) is 38.8 Å². The Bertz CT molecular complexity index is 494. The smallest absolute Gasteiger partial charge is 0.226 e. The van der Waals surface area contributed by atoms with Gasteiger partial charge in [0, 0.05) is 25.8 Å². The molecule has 1 amide bonds. The van der Waals surface area contributed by atoms with Crippen molar-refractivity contribution in [1.29, 1.82) is 0 Å². The highest BCUT2D eigenvalue weighted by atomic mass is 16.7. The van der Waals surface area contributed by atoms with Gasteiger partial charge in [-0.25, -0.2) is 0 Å². The Morgan fingerprint density at radius 2 is 2.00 bits per heavy atom. The van der Waals surface area contributed by atoms with E-state index in [0.717, 1.165) is 44.4 Å². The molecule has 0 saturated carbocycles. The van der Waals surface area contributed by atoms with Crippen molar-refractivity contribution >= 4 is 11.6 Å². The zero-order valence-corrected chi connectivity index (χ0v) is 15.8. The molecule has 1 aliphatic rings. The number of ether oxygens (including phenoxy) is 2. The third-order valence-corrected chi connectivity index (χ3v) is 4.77. The van der Waals surface area contributed by atoms with Crippen molar-refractivity contribution in [1.82, 2.24) is 0 Å². The average molecular weight is 347 g/mol. The Labute approximate surface area is 152 Å². The summed E-state index contributed by atoms with van der Waals surface area (Å²) in [5, 5.41) is 0. The van der Waals surface area contributed by atoms with Gasteiger partial charge in [-0.2, -0.15) is 0 Å². The molecule has 0 spiro atoms. The van der Waals surface area contributed by atoms with E-state index in [9.17, 15) is 4.79 Å². The van der Waals surface area contributed by atoms with Crippen LogP contribution in [0.2, 0.25) is 0 Å². The highest BCUT2D eigenvalue weighted by molar-refractivity contribution is 5.92. The van der Waals surface area contributed by atoms with Gasteiger partial charge in [-0.15, -0.1) is 0 Å². The number of hydrogen-bond donors (Lipinski definition) is 0. The van der Waals surface area contributed by atoms with Crippen LogP contribution in [0.3, 0.4) is 0 Å². The van der Waals surface area contributed by atoms with Crippen LogP contribution in [0.1, 0.15) is 63.9 Å². The fourth-order valence-corrected chi connectivity index (χ4v) is 3.05. The molecule has 4 heteroatoms. The van der Waals surface area contributed by atoms with Crippen LogP contribution in [0, 0.1) is 0 Å². The lowest BCUT2D eigenvalue weighted by Crippen LogP contribution is -2.25. The molecule has 0 bridgehead atoms.